The van der Waals surface area contributed by atoms with Gasteiger partial charge in [0.2, 0.25) is 0 Å². The fourth-order valence-corrected chi connectivity index (χ4v) is 1.78. The highest BCUT2D eigenvalue weighted by molar-refractivity contribution is 6.07. The first-order chi connectivity index (χ1) is 8.86. The number of aromatic nitrogens is 1. The molecule has 0 unspecified atom stereocenters. The summed E-state index contributed by atoms with van der Waals surface area (Å²) in [7, 11) is 0. The number of pyridine rings is 1. The van der Waals surface area contributed by atoms with Gasteiger partial charge in [-0.2, -0.15) is 13.2 Å². The summed E-state index contributed by atoms with van der Waals surface area (Å²) in [5.41, 5.74) is -3.30. The van der Waals surface area contributed by atoms with E-state index in [0.29, 0.717) is 0 Å². The minimum absolute atomic E-state index is 0.0721. The van der Waals surface area contributed by atoms with Crippen LogP contribution in [0.15, 0.2) is 24.3 Å². The zero-order chi connectivity index (χ0) is 14.2. The largest absolute Gasteiger partial charge is 0.478 e. The third kappa shape index (κ3) is 2.14. The van der Waals surface area contributed by atoms with Crippen molar-refractivity contribution in [3.05, 3.63) is 41.1 Å². The fraction of sp³-hybridized carbons (Fsp3) is 0.0833. The maximum Gasteiger partial charge on any atom is 0.434 e. The molecule has 1 N–H and O–H groups in total. The molecule has 2 rings (SSSR count). The lowest BCUT2D eigenvalue weighted by atomic mass is 10.0. The van der Waals surface area contributed by atoms with E-state index in [-0.39, 0.29) is 17.2 Å². The Balaban J connectivity index is 3.00. The maximum atomic E-state index is 12.8. The molecule has 7 heteroatoms. The lowest BCUT2D eigenvalue weighted by Gasteiger charge is -2.13. The number of hydrogen-bond donors (Lipinski definition) is 1. The van der Waals surface area contributed by atoms with E-state index in [0.717, 1.165) is 0 Å². The number of carbonyl (C=O) groups excluding carboxylic acids is 1. The van der Waals surface area contributed by atoms with E-state index in [4.69, 9.17) is 5.11 Å². The van der Waals surface area contributed by atoms with Crippen LogP contribution in [0.5, 0.6) is 0 Å². The lowest BCUT2D eigenvalue weighted by Crippen LogP contribution is -2.18. The summed E-state index contributed by atoms with van der Waals surface area (Å²) < 4.78 is 38.4. The monoisotopic (exact) mass is 269 g/mol. The standard InChI is InChI=1S/C12H6F3NO3/c13-12(14,15)10-9(11(18)19)7(5-17)6-3-1-2-4-8(6)16-10/h1-5H,(H,18,19). The number of alkyl halides is 3. The molecule has 0 aliphatic heterocycles. The molecule has 0 saturated carbocycles. The Labute approximate surface area is 104 Å². The topological polar surface area (TPSA) is 67.3 Å². The normalized spacial score (nSPS) is 11.5. The number of carbonyl (C=O) groups is 2. The van der Waals surface area contributed by atoms with Crippen LogP contribution in [-0.4, -0.2) is 22.3 Å². The second-order valence-electron chi connectivity index (χ2n) is 3.69. The van der Waals surface area contributed by atoms with Crippen molar-refractivity contribution in [1.29, 1.82) is 0 Å². The second kappa shape index (κ2) is 4.34. The number of fused-ring (bicyclic) bond motifs is 1. The average molecular weight is 269 g/mol. The Morgan fingerprint density at radius 3 is 2.42 bits per heavy atom. The number of aldehydes is 1. The zero-order valence-corrected chi connectivity index (χ0v) is 9.23. The van der Waals surface area contributed by atoms with Crippen molar-refractivity contribution < 1.29 is 27.9 Å². The molecule has 0 aliphatic rings. The summed E-state index contributed by atoms with van der Waals surface area (Å²) in [5, 5.41) is 8.97. The van der Waals surface area contributed by atoms with Gasteiger partial charge in [-0.3, -0.25) is 4.79 Å². The van der Waals surface area contributed by atoms with Crippen molar-refractivity contribution in [2.75, 3.05) is 0 Å². The molecule has 0 amide bonds. The van der Waals surface area contributed by atoms with Crippen LogP contribution in [0.2, 0.25) is 0 Å². The highest BCUT2D eigenvalue weighted by Crippen LogP contribution is 2.34. The van der Waals surface area contributed by atoms with Crippen molar-refractivity contribution in [1.82, 2.24) is 4.98 Å². The van der Waals surface area contributed by atoms with Crippen LogP contribution < -0.4 is 0 Å². The second-order valence-corrected chi connectivity index (χ2v) is 3.69. The van der Waals surface area contributed by atoms with Crippen LogP contribution in [0.25, 0.3) is 10.9 Å². The predicted octanol–water partition coefficient (Wildman–Crippen LogP) is 2.76. The van der Waals surface area contributed by atoms with Crippen molar-refractivity contribution in [3.8, 4) is 0 Å². The fourth-order valence-electron chi connectivity index (χ4n) is 1.78. The molecule has 1 aromatic heterocycles. The van der Waals surface area contributed by atoms with Crippen molar-refractivity contribution >= 4 is 23.2 Å². The molecule has 4 nitrogen and oxygen atoms in total. The molecular weight excluding hydrogens is 263 g/mol. The number of benzene rings is 1. The van der Waals surface area contributed by atoms with Crippen LogP contribution >= 0.6 is 0 Å². The summed E-state index contributed by atoms with van der Waals surface area (Å²) >= 11 is 0. The molecule has 0 spiro atoms. The Bertz CT molecular complexity index is 680. The van der Waals surface area contributed by atoms with Crippen LogP contribution in [-0.2, 0) is 6.18 Å². The van der Waals surface area contributed by atoms with Gasteiger partial charge in [0.05, 0.1) is 5.52 Å². The molecular formula is C12H6F3NO3. The minimum atomic E-state index is -4.95. The lowest BCUT2D eigenvalue weighted by molar-refractivity contribution is -0.141. The van der Waals surface area contributed by atoms with Crippen LogP contribution in [0, 0.1) is 0 Å². The van der Waals surface area contributed by atoms with Gasteiger partial charge in [-0.1, -0.05) is 18.2 Å². The van der Waals surface area contributed by atoms with Gasteiger partial charge in [-0.05, 0) is 6.07 Å². The summed E-state index contributed by atoms with van der Waals surface area (Å²) in [5.74, 6) is -1.84. The minimum Gasteiger partial charge on any atom is -0.478 e. The quantitative estimate of drug-likeness (QED) is 0.851. The Morgan fingerprint density at radius 1 is 1.26 bits per heavy atom. The van der Waals surface area contributed by atoms with E-state index >= 15 is 0 Å². The summed E-state index contributed by atoms with van der Waals surface area (Å²) in [6.45, 7) is 0. The highest BCUT2D eigenvalue weighted by Gasteiger charge is 2.39. The van der Waals surface area contributed by atoms with E-state index in [1.165, 1.54) is 24.3 Å². The number of carboxylic acid groups (broad SMARTS) is 1. The maximum absolute atomic E-state index is 12.8. The van der Waals surface area contributed by atoms with Crippen LogP contribution in [0.1, 0.15) is 26.4 Å². The molecule has 2 aromatic rings. The summed E-state index contributed by atoms with van der Waals surface area (Å²) in [6, 6.07) is 5.56. The Kier molecular flexibility index (Phi) is 2.97. The molecule has 0 saturated heterocycles. The van der Waals surface area contributed by atoms with E-state index in [2.05, 4.69) is 4.98 Å². The number of carboxylic acids is 1. The highest BCUT2D eigenvalue weighted by atomic mass is 19.4. The number of aromatic carboxylic acids is 1. The van der Waals surface area contributed by atoms with Crippen molar-refractivity contribution in [2.45, 2.75) is 6.18 Å². The molecule has 98 valence electrons. The first kappa shape index (κ1) is 13.0. The van der Waals surface area contributed by atoms with E-state index in [9.17, 15) is 22.8 Å². The van der Waals surface area contributed by atoms with E-state index in [1.54, 1.807) is 0 Å². The first-order valence-corrected chi connectivity index (χ1v) is 5.04. The Morgan fingerprint density at radius 2 is 1.89 bits per heavy atom. The van der Waals surface area contributed by atoms with E-state index in [1.807, 2.05) is 0 Å². The average Bonchev–Trinajstić information content (AvgIpc) is 2.35. The summed E-state index contributed by atoms with van der Waals surface area (Å²) in [6.07, 6.45) is -4.85. The van der Waals surface area contributed by atoms with E-state index < -0.39 is 29.0 Å². The molecule has 1 heterocycles. The predicted molar refractivity (Wildman–Crippen MR) is 59.1 cm³/mol. The van der Waals surface area contributed by atoms with Gasteiger partial charge < -0.3 is 5.11 Å². The Hall–Kier alpha value is -2.44. The summed E-state index contributed by atoms with van der Waals surface area (Å²) in [4.78, 5) is 25.3. The number of halogens is 3. The van der Waals surface area contributed by atoms with Crippen LogP contribution in [0.4, 0.5) is 13.2 Å². The number of para-hydroxylation sites is 1. The molecule has 1 aromatic carbocycles. The van der Waals surface area contributed by atoms with Crippen LogP contribution in [0.3, 0.4) is 0 Å². The molecule has 0 fully saturated rings. The van der Waals surface area contributed by atoms with Gasteiger partial charge in [0, 0.05) is 10.9 Å². The van der Waals surface area contributed by atoms with Gasteiger partial charge >= 0.3 is 12.1 Å². The van der Waals surface area contributed by atoms with Crippen molar-refractivity contribution in [2.24, 2.45) is 0 Å². The molecule has 0 atom stereocenters. The van der Waals surface area contributed by atoms with Gasteiger partial charge in [-0.15, -0.1) is 0 Å². The molecule has 0 aliphatic carbocycles. The third-order valence-electron chi connectivity index (χ3n) is 2.53. The molecule has 0 radical (unpaired) electrons. The molecule has 0 bridgehead atoms. The van der Waals surface area contributed by atoms with Gasteiger partial charge in [0.1, 0.15) is 5.56 Å². The third-order valence-corrected chi connectivity index (χ3v) is 2.53. The molecule has 19 heavy (non-hydrogen) atoms. The zero-order valence-electron chi connectivity index (χ0n) is 9.23. The smallest absolute Gasteiger partial charge is 0.434 e. The number of rotatable bonds is 2. The first-order valence-electron chi connectivity index (χ1n) is 5.04. The van der Waals surface area contributed by atoms with Gasteiger partial charge in [0.25, 0.3) is 0 Å². The number of nitrogens with zero attached hydrogens (tertiary/aromatic N) is 1. The SMILES string of the molecule is O=Cc1c(C(=O)O)c(C(F)(F)F)nc2ccccc12. The van der Waals surface area contributed by atoms with Crippen molar-refractivity contribution in [3.63, 3.8) is 0 Å². The number of hydrogen-bond acceptors (Lipinski definition) is 3. The van der Waals surface area contributed by atoms with Gasteiger partial charge in [-0.25, -0.2) is 9.78 Å². The van der Waals surface area contributed by atoms with Gasteiger partial charge in [0.15, 0.2) is 12.0 Å².